The van der Waals surface area contributed by atoms with Crippen molar-refractivity contribution in [3.63, 3.8) is 0 Å². The first kappa shape index (κ1) is 82.7. The molecule has 1 aliphatic rings. The lowest BCUT2D eigenvalue weighted by atomic mass is 9.88. The van der Waals surface area contributed by atoms with Crippen LogP contribution in [0.2, 0.25) is 0 Å². The topological polar surface area (TPSA) is 162 Å². The second-order valence-corrected chi connectivity index (χ2v) is 31.5. The molecule has 128 heavy (non-hydrogen) atoms. The molecule has 0 aliphatic heterocycles. The van der Waals surface area contributed by atoms with Gasteiger partial charge in [0.05, 0.1) is 0 Å². The van der Waals surface area contributed by atoms with Crippen LogP contribution in [0.3, 0.4) is 0 Å². The Hall–Kier alpha value is -17.6. The number of phenolic OH excluding ortho intramolecular Hbond substituents is 8. The first-order chi connectivity index (χ1) is 62.6. The van der Waals surface area contributed by atoms with Crippen LogP contribution >= 0.6 is 0 Å². The second-order valence-electron chi connectivity index (χ2n) is 31.5. The molecule has 0 unspecified atom stereocenters. The highest BCUT2D eigenvalue weighted by molar-refractivity contribution is 5.67. The monoisotopic (exact) mass is 1650 g/mol. The van der Waals surface area contributed by atoms with Gasteiger partial charge in [0.25, 0.3) is 0 Å². The molecule has 0 saturated heterocycles. The van der Waals surface area contributed by atoms with Crippen molar-refractivity contribution in [3.8, 4) is 141 Å². The molecular weight excluding hydrogens is 1570 g/mol. The van der Waals surface area contributed by atoms with Crippen LogP contribution in [0.5, 0.6) is 46.0 Å². The van der Waals surface area contributed by atoms with Crippen molar-refractivity contribution in [1.29, 1.82) is 0 Å². The van der Waals surface area contributed by atoms with E-state index in [1.54, 1.807) is 97.1 Å². The summed E-state index contributed by atoms with van der Waals surface area (Å²) in [5, 5.41) is 105. The fourth-order valence-electron chi connectivity index (χ4n) is 15.8. The summed E-state index contributed by atoms with van der Waals surface area (Å²) in [5.41, 5.74) is 16.3. The lowest BCUT2D eigenvalue weighted by Crippen LogP contribution is -2.03. The Morgan fingerprint density at radius 3 is 0.273 bits per heavy atom. The maximum atomic E-state index is 13.2. The summed E-state index contributed by atoms with van der Waals surface area (Å²) >= 11 is 0. The quantitative estimate of drug-likeness (QED) is 0.0696. The summed E-state index contributed by atoms with van der Waals surface area (Å²) in [7, 11) is 0. The van der Waals surface area contributed by atoms with Gasteiger partial charge >= 0.3 is 0 Å². The van der Waals surface area contributed by atoms with Crippen molar-refractivity contribution >= 4 is 0 Å². The van der Waals surface area contributed by atoms with Crippen LogP contribution < -0.4 is 0 Å². The highest BCUT2D eigenvalue weighted by Crippen LogP contribution is 2.43. The van der Waals surface area contributed by atoms with Crippen LogP contribution in [-0.2, 0) is 51.4 Å². The molecule has 0 fully saturated rings. The minimum absolute atomic E-state index is 0.0653. The number of aromatic hydroxyl groups is 8. The highest BCUT2D eigenvalue weighted by atomic mass is 16.3. The molecular formula is C120H80O8. The van der Waals surface area contributed by atoms with Crippen molar-refractivity contribution < 1.29 is 40.9 Å². The van der Waals surface area contributed by atoms with E-state index in [-0.39, 0.29) is 97.4 Å². The number of benzene rings is 16. The van der Waals surface area contributed by atoms with Crippen molar-refractivity contribution in [2.45, 2.75) is 51.4 Å². The highest BCUT2D eigenvalue weighted by Gasteiger charge is 2.25. The van der Waals surface area contributed by atoms with Crippen LogP contribution in [-0.4, -0.2) is 40.9 Å². The Labute approximate surface area is 745 Å². The van der Waals surface area contributed by atoms with Gasteiger partial charge in [0.15, 0.2) is 0 Å². The summed E-state index contributed by atoms with van der Waals surface area (Å²) in [5.74, 6) is 52.5. The molecule has 16 bridgehead atoms. The molecule has 0 spiro atoms. The number of fused-ring (bicyclic) bond motifs is 16. The molecule has 16 aromatic rings. The molecule has 0 amide bonds. The molecule has 0 saturated carbocycles. The predicted octanol–water partition coefficient (Wildman–Crippen LogP) is 21.6. The molecule has 608 valence electrons. The van der Waals surface area contributed by atoms with E-state index in [4.69, 9.17) is 0 Å². The van der Waals surface area contributed by atoms with Gasteiger partial charge in [0, 0.05) is 140 Å². The van der Waals surface area contributed by atoms with Gasteiger partial charge in [-0.25, -0.2) is 0 Å². The van der Waals surface area contributed by atoms with E-state index in [1.165, 1.54) is 0 Å². The van der Waals surface area contributed by atoms with Gasteiger partial charge in [-0.05, 0) is 283 Å². The summed E-state index contributed by atoms with van der Waals surface area (Å²) in [6.07, 6.45) is -0.522. The lowest BCUT2D eigenvalue weighted by molar-refractivity contribution is 0.452. The molecule has 0 aromatic heterocycles. The largest absolute Gasteiger partial charge is 0.507 e. The van der Waals surface area contributed by atoms with E-state index < -0.39 is 0 Å². The van der Waals surface area contributed by atoms with Gasteiger partial charge < -0.3 is 40.9 Å². The van der Waals surface area contributed by atoms with Gasteiger partial charge in [0.1, 0.15) is 46.0 Å². The average molecular weight is 1650 g/mol. The van der Waals surface area contributed by atoms with Crippen molar-refractivity contribution in [1.82, 2.24) is 0 Å². The van der Waals surface area contributed by atoms with Gasteiger partial charge in [-0.15, -0.1) is 0 Å². The van der Waals surface area contributed by atoms with Crippen LogP contribution in [0.25, 0.3) is 0 Å². The van der Waals surface area contributed by atoms with E-state index in [0.717, 1.165) is 44.5 Å². The molecule has 17 rings (SSSR count). The van der Waals surface area contributed by atoms with Crippen molar-refractivity contribution in [2.75, 3.05) is 0 Å². The van der Waals surface area contributed by atoms with E-state index in [0.29, 0.717) is 134 Å². The fraction of sp³-hybridized carbons (Fsp3) is 0.0667. The predicted molar refractivity (Wildman–Crippen MR) is 507 cm³/mol. The van der Waals surface area contributed by atoms with Gasteiger partial charge in [-0.1, -0.05) is 240 Å². The van der Waals surface area contributed by atoms with Crippen LogP contribution in [0.4, 0.5) is 0 Å². The number of phenols is 8. The minimum Gasteiger partial charge on any atom is -0.507 e. The molecule has 0 radical (unpaired) electrons. The zero-order chi connectivity index (χ0) is 87.7. The van der Waals surface area contributed by atoms with Gasteiger partial charge in [-0.2, -0.15) is 0 Å². The molecule has 8 N–H and O–H groups in total. The van der Waals surface area contributed by atoms with E-state index >= 15 is 0 Å². The maximum Gasteiger partial charge on any atom is 0.122 e. The summed E-state index contributed by atoms with van der Waals surface area (Å²) in [6, 6.07) is 105. The average Bonchev–Trinajstić information content (AvgIpc) is 0.787. The third-order valence-electron chi connectivity index (χ3n) is 22.2. The third-order valence-corrected chi connectivity index (χ3v) is 22.2. The first-order valence-electron chi connectivity index (χ1n) is 42.0. The summed E-state index contributed by atoms with van der Waals surface area (Å²) in [4.78, 5) is 0. The Morgan fingerprint density at radius 2 is 0.188 bits per heavy atom. The minimum atomic E-state index is -0.130. The first-order valence-corrected chi connectivity index (χ1v) is 42.0. The zero-order valence-electron chi connectivity index (χ0n) is 69.6. The Kier molecular flexibility index (Phi) is 25.0. The molecule has 0 atom stereocenters. The summed E-state index contributed by atoms with van der Waals surface area (Å²) < 4.78 is 0. The Bertz CT molecular complexity index is 5970. The number of hydrogen-bond donors (Lipinski definition) is 8. The molecule has 16 aromatic carbocycles. The van der Waals surface area contributed by atoms with Crippen LogP contribution in [0, 0.1) is 94.7 Å². The number of rotatable bonds is 0. The normalized spacial score (nSPS) is 11.2. The van der Waals surface area contributed by atoms with Gasteiger partial charge in [-0.3, -0.25) is 0 Å². The Morgan fingerprint density at radius 1 is 0.109 bits per heavy atom. The summed E-state index contributed by atoms with van der Waals surface area (Å²) in [6.45, 7) is 0. The van der Waals surface area contributed by atoms with Crippen LogP contribution in [0.1, 0.15) is 178 Å². The van der Waals surface area contributed by atoms with Crippen LogP contribution in [0.15, 0.2) is 340 Å². The van der Waals surface area contributed by atoms with E-state index in [9.17, 15) is 40.9 Å². The zero-order valence-corrected chi connectivity index (χ0v) is 69.6. The van der Waals surface area contributed by atoms with Crippen molar-refractivity contribution in [3.05, 3.63) is 518 Å². The smallest absolute Gasteiger partial charge is 0.122 e. The third kappa shape index (κ3) is 20.6. The lowest BCUT2D eigenvalue weighted by Gasteiger charge is -2.18. The molecule has 1 aliphatic carbocycles. The number of hydrogen-bond acceptors (Lipinski definition) is 8. The van der Waals surface area contributed by atoms with Gasteiger partial charge in [0.2, 0.25) is 0 Å². The Balaban J connectivity index is 0.904. The molecule has 0 heterocycles. The van der Waals surface area contributed by atoms with E-state index in [1.807, 2.05) is 243 Å². The van der Waals surface area contributed by atoms with Crippen molar-refractivity contribution in [2.24, 2.45) is 0 Å². The maximum absolute atomic E-state index is 13.2. The molecule has 8 nitrogen and oxygen atoms in total. The van der Waals surface area contributed by atoms with E-state index in [2.05, 4.69) is 94.7 Å². The standard InChI is InChI=1S/C120H80O8/c121-113-97-57-89(49-41-81-25-9-1-10-26-81)58-98(113)74-100-60-91(51-43-83-29-13-3-14-30-83)62-102(115(100)123)76-104-64-93(53-45-85-33-17-5-18-34-85)66-106(117(104)125)78-108-68-95(55-47-87-37-21-7-22-38-87)70-110(119(108)127)80-112-72-96(56-48-88-39-23-8-24-40-88)71-111(120(112)128)79-109-69-94(54-46-86-35-19-6-20-36-86)67-107(118(109)126)77-105-65-92(52-44-84-31-15-4-16-32-84)63-103(116(105)124)75-101-61-90(59-99(73-97)114(101)122)50-42-82-27-11-2-12-28-82/h1-40,57-72,121-128H,73-80H2. The fourth-order valence-corrected chi connectivity index (χ4v) is 15.8. The second kappa shape index (κ2) is 38.6. The molecule has 8 heteroatoms. The SMILES string of the molecule is Oc1c2cc(C#Cc3ccccc3)cc1Cc1cc(C#Cc3ccccc3)cc(c1O)Cc1cc(C#Cc3ccccc3)cc(c1O)Cc1cc(C#Cc3ccccc3)cc(c1O)Cc1cc(C#Cc3ccccc3)cc(c1O)Cc1cc(C#Cc3ccccc3)cc(c1O)Cc1cc(C#Cc3ccccc3)cc(c1O)Cc1cc(C#Cc3ccccc3)cc(c1O)C2.